The van der Waals surface area contributed by atoms with Crippen LogP contribution in [0.1, 0.15) is 22.8 Å². The second kappa shape index (κ2) is 4.33. The zero-order valence-electron chi connectivity index (χ0n) is 6.97. The van der Waals surface area contributed by atoms with Gasteiger partial charge in [0.25, 0.3) is 10.1 Å². The van der Waals surface area contributed by atoms with Crippen molar-refractivity contribution in [2.24, 2.45) is 0 Å². The zero-order chi connectivity index (χ0) is 9.47. The third-order valence-electron chi connectivity index (χ3n) is 2.44. The minimum atomic E-state index is -3.92. The molecule has 0 heterocycles. The van der Waals surface area contributed by atoms with Gasteiger partial charge in [0.15, 0.2) is 0 Å². The molecule has 1 aromatic carbocycles. The molecule has 1 aliphatic rings. The maximum atomic E-state index is 11.0. The zero-order valence-corrected chi connectivity index (χ0v) is 7.79. The van der Waals surface area contributed by atoms with Crippen molar-refractivity contribution in [2.75, 3.05) is 0 Å². The SMILES string of the molecule is O=S(=O)(O)C1CCc2ccccc21.[NaH]. The molecule has 1 aliphatic carbocycles. The van der Waals surface area contributed by atoms with Gasteiger partial charge in [-0.3, -0.25) is 4.55 Å². The van der Waals surface area contributed by atoms with Crippen molar-refractivity contribution in [3.8, 4) is 0 Å². The van der Waals surface area contributed by atoms with E-state index in [1.807, 2.05) is 12.1 Å². The summed E-state index contributed by atoms with van der Waals surface area (Å²) in [6.07, 6.45) is 1.23. The Balaban J connectivity index is 0.000000980. The van der Waals surface area contributed by atoms with E-state index >= 15 is 0 Å². The van der Waals surface area contributed by atoms with E-state index in [0.717, 1.165) is 17.5 Å². The standard InChI is InChI=1S/C9H10O3S.Na.H/c10-13(11,12)9-6-5-7-3-1-2-4-8(7)9;;/h1-4,9H,5-6H2,(H,10,11,12);;. The first-order valence-electron chi connectivity index (χ1n) is 4.13. The molecule has 1 N–H and O–H groups in total. The summed E-state index contributed by atoms with van der Waals surface area (Å²) in [6, 6.07) is 7.34. The molecule has 0 aliphatic heterocycles. The third kappa shape index (κ3) is 2.20. The summed E-state index contributed by atoms with van der Waals surface area (Å²) in [4.78, 5) is 0. The first-order chi connectivity index (χ1) is 6.09. The van der Waals surface area contributed by atoms with E-state index in [0.29, 0.717) is 6.42 Å². The monoisotopic (exact) mass is 222 g/mol. The molecule has 0 amide bonds. The normalized spacial score (nSPS) is 19.9. The molecule has 1 unspecified atom stereocenters. The van der Waals surface area contributed by atoms with E-state index in [-0.39, 0.29) is 29.6 Å². The molecule has 0 radical (unpaired) electrons. The van der Waals surface area contributed by atoms with Crippen LogP contribution in [0.3, 0.4) is 0 Å². The van der Waals surface area contributed by atoms with E-state index in [1.165, 1.54) is 0 Å². The van der Waals surface area contributed by atoms with E-state index in [9.17, 15) is 8.42 Å². The van der Waals surface area contributed by atoms with Gasteiger partial charge in [0.2, 0.25) is 0 Å². The van der Waals surface area contributed by atoms with Gasteiger partial charge in [-0.05, 0) is 24.0 Å². The van der Waals surface area contributed by atoms with Gasteiger partial charge in [-0.1, -0.05) is 24.3 Å². The van der Waals surface area contributed by atoms with Gasteiger partial charge in [0.1, 0.15) is 5.25 Å². The fraction of sp³-hybridized carbons (Fsp3) is 0.333. The van der Waals surface area contributed by atoms with Gasteiger partial charge >= 0.3 is 29.6 Å². The molecule has 0 saturated heterocycles. The summed E-state index contributed by atoms with van der Waals surface area (Å²) in [5.41, 5.74) is 1.79. The second-order valence-electron chi connectivity index (χ2n) is 3.24. The first kappa shape index (κ1) is 12.2. The molecule has 14 heavy (non-hydrogen) atoms. The van der Waals surface area contributed by atoms with Gasteiger partial charge in [0, 0.05) is 0 Å². The predicted octanol–water partition coefficient (Wildman–Crippen LogP) is 0.913. The molecule has 3 nitrogen and oxygen atoms in total. The number of hydrogen-bond donors (Lipinski definition) is 1. The van der Waals surface area contributed by atoms with Crippen molar-refractivity contribution >= 4 is 39.7 Å². The van der Waals surface area contributed by atoms with E-state index in [2.05, 4.69) is 0 Å². The van der Waals surface area contributed by atoms with Crippen LogP contribution in [0.2, 0.25) is 0 Å². The van der Waals surface area contributed by atoms with Crippen molar-refractivity contribution in [3.63, 3.8) is 0 Å². The van der Waals surface area contributed by atoms with Crippen LogP contribution in [-0.2, 0) is 16.5 Å². The van der Waals surface area contributed by atoms with Crippen LogP contribution in [0, 0.1) is 0 Å². The van der Waals surface area contributed by atoms with Crippen molar-refractivity contribution in [1.82, 2.24) is 0 Å². The Labute approximate surface area is 106 Å². The summed E-state index contributed by atoms with van der Waals surface area (Å²) in [7, 11) is -3.92. The minimum absolute atomic E-state index is 0. The molecule has 0 fully saturated rings. The van der Waals surface area contributed by atoms with Crippen LogP contribution in [0.25, 0.3) is 0 Å². The van der Waals surface area contributed by atoms with Crippen LogP contribution < -0.4 is 0 Å². The summed E-state index contributed by atoms with van der Waals surface area (Å²) in [5.74, 6) is 0. The van der Waals surface area contributed by atoms with Crippen LogP contribution in [0.4, 0.5) is 0 Å². The van der Waals surface area contributed by atoms with Gasteiger partial charge in [-0.2, -0.15) is 8.42 Å². The summed E-state index contributed by atoms with van der Waals surface area (Å²) >= 11 is 0. The number of benzene rings is 1. The molecular formula is C9H11NaO3S. The molecule has 0 saturated carbocycles. The number of hydrogen-bond acceptors (Lipinski definition) is 2. The average Bonchev–Trinajstić information content (AvgIpc) is 2.45. The molecule has 2 rings (SSSR count). The molecule has 5 heteroatoms. The van der Waals surface area contributed by atoms with Crippen molar-refractivity contribution in [2.45, 2.75) is 18.1 Å². The molecule has 0 spiro atoms. The summed E-state index contributed by atoms with van der Waals surface area (Å²) in [6.45, 7) is 0. The van der Waals surface area contributed by atoms with Gasteiger partial charge in [0.05, 0.1) is 0 Å². The fourth-order valence-corrected chi connectivity index (χ4v) is 2.79. The Morgan fingerprint density at radius 2 is 1.93 bits per heavy atom. The van der Waals surface area contributed by atoms with Crippen LogP contribution in [0.5, 0.6) is 0 Å². The topological polar surface area (TPSA) is 54.4 Å². The summed E-state index contributed by atoms with van der Waals surface area (Å²) in [5, 5.41) is -0.705. The number of fused-ring (bicyclic) bond motifs is 1. The molecule has 1 aromatic rings. The van der Waals surface area contributed by atoms with Crippen LogP contribution in [-0.4, -0.2) is 42.5 Å². The van der Waals surface area contributed by atoms with Gasteiger partial charge in [-0.25, -0.2) is 0 Å². The first-order valence-corrected chi connectivity index (χ1v) is 5.63. The number of aryl methyl sites for hydroxylation is 1. The molecule has 0 bridgehead atoms. The Kier molecular flexibility index (Phi) is 3.77. The van der Waals surface area contributed by atoms with E-state index in [4.69, 9.17) is 4.55 Å². The van der Waals surface area contributed by atoms with Gasteiger partial charge < -0.3 is 0 Å². The van der Waals surface area contributed by atoms with Gasteiger partial charge in [-0.15, -0.1) is 0 Å². The quantitative estimate of drug-likeness (QED) is 0.567. The number of rotatable bonds is 1. The van der Waals surface area contributed by atoms with Crippen molar-refractivity contribution in [3.05, 3.63) is 35.4 Å². The average molecular weight is 222 g/mol. The van der Waals surface area contributed by atoms with Crippen molar-refractivity contribution < 1.29 is 13.0 Å². The van der Waals surface area contributed by atoms with Crippen LogP contribution in [0.15, 0.2) is 24.3 Å². The predicted molar refractivity (Wildman–Crippen MR) is 56.2 cm³/mol. The molecule has 1 atom stereocenters. The Morgan fingerprint density at radius 1 is 1.29 bits per heavy atom. The fourth-order valence-electron chi connectivity index (χ4n) is 1.83. The van der Waals surface area contributed by atoms with Crippen LogP contribution >= 0.6 is 0 Å². The Morgan fingerprint density at radius 3 is 2.57 bits per heavy atom. The molecule has 0 aromatic heterocycles. The maximum absolute atomic E-state index is 11.0. The second-order valence-corrected chi connectivity index (χ2v) is 4.84. The van der Waals surface area contributed by atoms with E-state index in [1.54, 1.807) is 12.1 Å². The Bertz CT molecular complexity index is 427. The summed E-state index contributed by atoms with van der Waals surface area (Å²) < 4.78 is 30.8. The molecular weight excluding hydrogens is 211 g/mol. The molecule has 72 valence electrons. The van der Waals surface area contributed by atoms with Crippen molar-refractivity contribution in [1.29, 1.82) is 0 Å². The Hall–Kier alpha value is 0.130. The third-order valence-corrected chi connectivity index (χ3v) is 3.65. The van der Waals surface area contributed by atoms with E-state index < -0.39 is 15.4 Å².